The van der Waals surface area contributed by atoms with Crippen LogP contribution in [0.3, 0.4) is 0 Å². The highest BCUT2D eigenvalue weighted by atomic mass is 19.1. The molecule has 4 rings (SSSR count). The van der Waals surface area contributed by atoms with E-state index in [1.165, 1.54) is 6.07 Å². The van der Waals surface area contributed by atoms with Gasteiger partial charge in [-0.3, -0.25) is 4.79 Å². The Morgan fingerprint density at radius 1 is 1.17 bits per heavy atom. The number of hydrogen-bond acceptors (Lipinski definition) is 5. The Bertz CT molecular complexity index is 1150. The molecule has 0 aliphatic rings. The molecule has 0 spiro atoms. The third-order valence-electron chi connectivity index (χ3n) is 4.62. The van der Waals surface area contributed by atoms with Gasteiger partial charge in [-0.05, 0) is 24.1 Å². The van der Waals surface area contributed by atoms with Crippen LogP contribution in [0.5, 0.6) is 0 Å². The fourth-order valence-corrected chi connectivity index (χ4v) is 2.95. The zero-order valence-corrected chi connectivity index (χ0v) is 16.4. The minimum absolute atomic E-state index is 0.167. The van der Waals surface area contributed by atoms with Gasteiger partial charge in [-0.25, -0.2) is 9.07 Å². The maximum atomic E-state index is 13.7. The second-order valence-corrected chi connectivity index (χ2v) is 6.88. The highest BCUT2D eigenvalue weighted by Crippen LogP contribution is 2.19. The highest BCUT2D eigenvalue weighted by molar-refractivity contribution is 5.89. The summed E-state index contributed by atoms with van der Waals surface area (Å²) in [7, 11) is 0. The summed E-state index contributed by atoms with van der Waals surface area (Å²) < 4.78 is 20.7. The number of carbonyl (C=O) groups is 1. The summed E-state index contributed by atoms with van der Waals surface area (Å²) in [6.07, 6.45) is 2.09. The number of nitrogens with one attached hydrogen (secondary N) is 1. The van der Waals surface area contributed by atoms with Crippen molar-refractivity contribution in [2.75, 3.05) is 5.32 Å². The molecule has 1 amide bonds. The number of aromatic nitrogens is 4. The van der Waals surface area contributed by atoms with Gasteiger partial charge in [-0.1, -0.05) is 47.6 Å². The maximum absolute atomic E-state index is 13.7. The van der Waals surface area contributed by atoms with Gasteiger partial charge in [-0.2, -0.15) is 10.1 Å². The van der Waals surface area contributed by atoms with Crippen LogP contribution in [0.4, 0.5) is 10.2 Å². The van der Waals surface area contributed by atoms with Crippen molar-refractivity contribution in [3.05, 3.63) is 83.6 Å². The molecule has 4 aromatic rings. The summed E-state index contributed by atoms with van der Waals surface area (Å²) in [5.41, 5.74) is 2.16. The second-order valence-electron chi connectivity index (χ2n) is 6.88. The van der Waals surface area contributed by atoms with E-state index in [1.54, 1.807) is 36.0 Å². The van der Waals surface area contributed by atoms with Crippen LogP contribution in [0.25, 0.3) is 11.4 Å². The number of hydrogen-bond donors (Lipinski definition) is 1. The van der Waals surface area contributed by atoms with E-state index in [1.807, 2.05) is 30.3 Å². The number of rotatable bonds is 7. The van der Waals surface area contributed by atoms with Crippen molar-refractivity contribution >= 4 is 11.7 Å². The van der Waals surface area contributed by atoms with Crippen LogP contribution in [0.15, 0.2) is 65.3 Å². The number of halogens is 1. The average Bonchev–Trinajstić information content (AvgIpc) is 3.39. The number of anilines is 1. The van der Waals surface area contributed by atoms with E-state index < -0.39 is 0 Å². The lowest BCUT2D eigenvalue weighted by Gasteiger charge is -2.08. The molecule has 0 radical (unpaired) electrons. The first-order chi connectivity index (χ1) is 14.6. The topological polar surface area (TPSA) is 85.8 Å². The molecule has 30 heavy (non-hydrogen) atoms. The molecule has 2 aromatic heterocycles. The summed E-state index contributed by atoms with van der Waals surface area (Å²) in [6, 6.07) is 16.4. The van der Waals surface area contributed by atoms with Crippen molar-refractivity contribution in [1.29, 1.82) is 0 Å². The van der Waals surface area contributed by atoms with Crippen molar-refractivity contribution in [3.8, 4) is 11.4 Å². The number of carbonyl (C=O) groups excluding carboxylic acids is 1. The van der Waals surface area contributed by atoms with Crippen LogP contribution in [0, 0.1) is 12.7 Å². The average molecular weight is 405 g/mol. The first-order valence-corrected chi connectivity index (χ1v) is 9.53. The molecule has 0 aliphatic carbocycles. The Hall–Kier alpha value is -3.81. The fourth-order valence-electron chi connectivity index (χ4n) is 2.95. The smallest absolute Gasteiger partial charge is 0.227 e. The van der Waals surface area contributed by atoms with Gasteiger partial charge < -0.3 is 9.84 Å². The molecule has 8 heteroatoms. The van der Waals surface area contributed by atoms with Gasteiger partial charge in [0.1, 0.15) is 11.6 Å². The van der Waals surface area contributed by atoms with Crippen molar-refractivity contribution in [1.82, 2.24) is 19.9 Å². The van der Waals surface area contributed by atoms with Crippen LogP contribution in [-0.2, 0) is 17.8 Å². The zero-order valence-electron chi connectivity index (χ0n) is 16.4. The summed E-state index contributed by atoms with van der Waals surface area (Å²) in [4.78, 5) is 16.6. The lowest BCUT2D eigenvalue weighted by atomic mass is 10.1. The minimum Gasteiger partial charge on any atom is -0.339 e. The van der Waals surface area contributed by atoms with E-state index in [2.05, 4.69) is 20.6 Å². The standard InChI is InChI=1S/C22H20FN5O2/c1-15-7-8-17(13-18(15)23)22-26-21(30-27-22)10-9-20(29)25-19-11-12-24-28(19)14-16-5-3-2-4-6-16/h2-8,11-13H,9-10,14H2,1H3,(H,25,29). The van der Waals surface area contributed by atoms with Gasteiger partial charge in [-0.15, -0.1) is 0 Å². The van der Waals surface area contributed by atoms with Crippen LogP contribution in [0.2, 0.25) is 0 Å². The quantitative estimate of drug-likeness (QED) is 0.502. The molecular weight excluding hydrogens is 385 g/mol. The van der Waals surface area contributed by atoms with E-state index in [0.29, 0.717) is 35.2 Å². The Labute approximate surface area is 172 Å². The monoisotopic (exact) mass is 405 g/mol. The van der Waals surface area contributed by atoms with Crippen molar-refractivity contribution in [3.63, 3.8) is 0 Å². The lowest BCUT2D eigenvalue weighted by molar-refractivity contribution is -0.116. The molecule has 152 valence electrons. The van der Waals surface area contributed by atoms with Crippen LogP contribution >= 0.6 is 0 Å². The predicted octanol–water partition coefficient (Wildman–Crippen LogP) is 4.00. The number of nitrogens with zero attached hydrogens (tertiary/aromatic N) is 4. The summed E-state index contributed by atoms with van der Waals surface area (Å²) in [5, 5.41) is 11.0. The summed E-state index contributed by atoms with van der Waals surface area (Å²) in [6.45, 7) is 2.24. The van der Waals surface area contributed by atoms with E-state index in [0.717, 1.165) is 5.56 Å². The Morgan fingerprint density at radius 3 is 2.80 bits per heavy atom. The Morgan fingerprint density at radius 2 is 2.00 bits per heavy atom. The number of amides is 1. The predicted molar refractivity (Wildman–Crippen MR) is 109 cm³/mol. The van der Waals surface area contributed by atoms with Gasteiger partial charge in [0.2, 0.25) is 17.6 Å². The molecule has 0 unspecified atom stereocenters. The van der Waals surface area contributed by atoms with E-state index in [-0.39, 0.29) is 24.6 Å². The molecule has 0 aliphatic heterocycles. The maximum Gasteiger partial charge on any atom is 0.227 e. The minimum atomic E-state index is -0.328. The van der Waals surface area contributed by atoms with E-state index in [9.17, 15) is 9.18 Å². The molecule has 0 saturated carbocycles. The molecule has 2 heterocycles. The number of aryl methyl sites for hydroxylation is 2. The second kappa shape index (κ2) is 8.69. The van der Waals surface area contributed by atoms with Gasteiger partial charge in [0, 0.05) is 24.5 Å². The Kier molecular flexibility index (Phi) is 5.65. The molecule has 2 aromatic carbocycles. The zero-order chi connectivity index (χ0) is 20.9. The highest BCUT2D eigenvalue weighted by Gasteiger charge is 2.13. The van der Waals surface area contributed by atoms with Gasteiger partial charge in [0.15, 0.2) is 0 Å². The van der Waals surface area contributed by atoms with Gasteiger partial charge in [0.25, 0.3) is 0 Å². The van der Waals surface area contributed by atoms with Crippen LogP contribution < -0.4 is 5.32 Å². The molecular formula is C22H20FN5O2. The van der Waals surface area contributed by atoms with Gasteiger partial charge in [0.05, 0.1) is 12.7 Å². The van der Waals surface area contributed by atoms with Gasteiger partial charge >= 0.3 is 0 Å². The fraction of sp³-hybridized carbons (Fsp3) is 0.182. The van der Waals surface area contributed by atoms with Crippen molar-refractivity contribution in [2.24, 2.45) is 0 Å². The summed E-state index contributed by atoms with van der Waals surface area (Å²) >= 11 is 0. The molecule has 0 fully saturated rings. The first kappa shape index (κ1) is 19.5. The third kappa shape index (κ3) is 4.60. The summed E-state index contributed by atoms with van der Waals surface area (Å²) in [5.74, 6) is 0.714. The van der Waals surface area contributed by atoms with E-state index in [4.69, 9.17) is 4.52 Å². The normalized spacial score (nSPS) is 10.9. The van der Waals surface area contributed by atoms with Crippen LogP contribution in [-0.4, -0.2) is 25.8 Å². The lowest BCUT2D eigenvalue weighted by Crippen LogP contribution is -2.16. The molecule has 0 saturated heterocycles. The van der Waals surface area contributed by atoms with E-state index >= 15 is 0 Å². The first-order valence-electron chi connectivity index (χ1n) is 9.53. The molecule has 0 bridgehead atoms. The molecule has 1 N–H and O–H groups in total. The van der Waals surface area contributed by atoms with Crippen molar-refractivity contribution < 1.29 is 13.7 Å². The largest absolute Gasteiger partial charge is 0.339 e. The third-order valence-corrected chi connectivity index (χ3v) is 4.62. The number of benzene rings is 2. The molecule has 0 atom stereocenters. The van der Waals surface area contributed by atoms with Crippen molar-refractivity contribution in [2.45, 2.75) is 26.3 Å². The Balaban J connectivity index is 1.34. The van der Waals surface area contributed by atoms with Crippen LogP contribution in [0.1, 0.15) is 23.4 Å². The SMILES string of the molecule is Cc1ccc(-c2noc(CCC(=O)Nc3ccnn3Cc3ccccc3)n2)cc1F. The molecule has 7 nitrogen and oxygen atoms in total.